The largest absolute Gasteiger partial charge is 0.383 e. The monoisotopic (exact) mass is 295 g/mol. The average molecular weight is 295 g/mol. The van der Waals surface area contributed by atoms with E-state index in [4.69, 9.17) is 4.74 Å². The summed E-state index contributed by atoms with van der Waals surface area (Å²) in [6.07, 6.45) is 5.66. The van der Waals surface area contributed by atoms with E-state index in [9.17, 15) is 9.59 Å². The first-order valence-electron chi connectivity index (χ1n) is 6.77. The van der Waals surface area contributed by atoms with Crippen molar-refractivity contribution >= 4 is 11.8 Å². The van der Waals surface area contributed by atoms with Gasteiger partial charge in [-0.3, -0.25) is 20.0 Å². The van der Waals surface area contributed by atoms with Crippen LogP contribution in [0.1, 0.15) is 30.3 Å². The first-order valence-corrected chi connectivity index (χ1v) is 6.77. The number of carbonyl (C=O) groups is 2. The Morgan fingerprint density at radius 3 is 2.81 bits per heavy atom. The Labute approximate surface area is 123 Å². The van der Waals surface area contributed by atoms with Gasteiger partial charge in [0.25, 0.3) is 5.91 Å². The highest BCUT2D eigenvalue weighted by molar-refractivity contribution is 5.92. The van der Waals surface area contributed by atoms with Crippen LogP contribution >= 0.6 is 0 Å². The highest BCUT2D eigenvalue weighted by atomic mass is 16.5. The summed E-state index contributed by atoms with van der Waals surface area (Å²) in [4.78, 5) is 31.4. The third-order valence-corrected chi connectivity index (χ3v) is 2.66. The number of hydrogen-bond donors (Lipinski definition) is 3. The number of aromatic nitrogens is 2. The zero-order chi connectivity index (χ0) is 15.5. The number of carbonyl (C=O) groups excluding carboxylic acids is 2. The highest BCUT2D eigenvalue weighted by Crippen LogP contribution is 1.96. The van der Waals surface area contributed by atoms with Crippen LogP contribution in [0.5, 0.6) is 0 Å². The molecule has 0 radical (unpaired) electrons. The molecule has 0 aliphatic rings. The lowest BCUT2D eigenvalue weighted by molar-refractivity contribution is -0.123. The third-order valence-electron chi connectivity index (χ3n) is 2.66. The van der Waals surface area contributed by atoms with Gasteiger partial charge in [0, 0.05) is 26.0 Å². The molecule has 8 heteroatoms. The van der Waals surface area contributed by atoms with Crippen LogP contribution < -0.4 is 16.2 Å². The van der Waals surface area contributed by atoms with Gasteiger partial charge in [-0.2, -0.15) is 0 Å². The second-order valence-corrected chi connectivity index (χ2v) is 4.31. The minimum Gasteiger partial charge on any atom is -0.383 e. The van der Waals surface area contributed by atoms with Crippen molar-refractivity contribution in [2.45, 2.75) is 25.8 Å². The Morgan fingerprint density at radius 1 is 1.38 bits per heavy atom. The van der Waals surface area contributed by atoms with Crippen molar-refractivity contribution in [1.82, 2.24) is 26.1 Å². The van der Waals surface area contributed by atoms with E-state index < -0.39 is 11.9 Å². The van der Waals surface area contributed by atoms with E-state index in [1.807, 2.05) is 6.92 Å². The van der Waals surface area contributed by atoms with Crippen molar-refractivity contribution in [3.05, 3.63) is 24.3 Å². The van der Waals surface area contributed by atoms with E-state index >= 15 is 0 Å². The second kappa shape index (κ2) is 9.78. The van der Waals surface area contributed by atoms with E-state index in [1.165, 1.54) is 18.6 Å². The van der Waals surface area contributed by atoms with E-state index in [2.05, 4.69) is 26.1 Å². The molecule has 2 amide bonds. The molecule has 1 rings (SSSR count). The van der Waals surface area contributed by atoms with Gasteiger partial charge in [-0.05, 0) is 6.42 Å². The molecule has 8 nitrogen and oxygen atoms in total. The number of methoxy groups -OCH3 is 1. The lowest BCUT2D eigenvalue weighted by atomic mass is 10.1. The van der Waals surface area contributed by atoms with Gasteiger partial charge >= 0.3 is 0 Å². The van der Waals surface area contributed by atoms with Crippen LogP contribution in [0.4, 0.5) is 0 Å². The van der Waals surface area contributed by atoms with Crippen molar-refractivity contribution in [2.24, 2.45) is 0 Å². The quantitative estimate of drug-likeness (QED) is 0.424. The van der Waals surface area contributed by atoms with Crippen molar-refractivity contribution in [3.8, 4) is 0 Å². The first kappa shape index (κ1) is 17.0. The lowest BCUT2D eigenvalue weighted by Gasteiger charge is -2.18. The summed E-state index contributed by atoms with van der Waals surface area (Å²) in [5.74, 6) is -0.623. The standard InChI is InChI=1S/C13H21N5O3/c1-3-4-10(12(19)16-7-8-21-2)17-18-13(20)11-9-14-5-6-15-11/h5-6,9-10,17H,3-4,7-8H2,1-2H3,(H,16,19)(H,18,20)/t10-/m0/s1. The van der Waals surface area contributed by atoms with Gasteiger partial charge in [0.2, 0.25) is 5.91 Å². The molecule has 116 valence electrons. The average Bonchev–Trinajstić information content (AvgIpc) is 2.52. The molecule has 1 heterocycles. The Bertz CT molecular complexity index is 441. The van der Waals surface area contributed by atoms with Gasteiger partial charge in [-0.15, -0.1) is 0 Å². The number of ether oxygens (including phenoxy) is 1. The molecule has 3 N–H and O–H groups in total. The molecule has 0 saturated carbocycles. The lowest BCUT2D eigenvalue weighted by Crippen LogP contribution is -2.52. The Morgan fingerprint density at radius 2 is 2.19 bits per heavy atom. The molecule has 1 atom stereocenters. The second-order valence-electron chi connectivity index (χ2n) is 4.31. The molecule has 0 bridgehead atoms. The fourth-order valence-electron chi connectivity index (χ4n) is 1.59. The summed E-state index contributed by atoms with van der Waals surface area (Å²) in [6.45, 7) is 2.83. The van der Waals surface area contributed by atoms with Crippen molar-refractivity contribution < 1.29 is 14.3 Å². The number of hydrazine groups is 1. The molecule has 0 spiro atoms. The fourth-order valence-corrected chi connectivity index (χ4v) is 1.59. The highest BCUT2D eigenvalue weighted by Gasteiger charge is 2.18. The predicted molar refractivity (Wildman–Crippen MR) is 76.2 cm³/mol. The van der Waals surface area contributed by atoms with Gasteiger partial charge in [0.15, 0.2) is 0 Å². The maximum absolute atomic E-state index is 11.9. The normalized spacial score (nSPS) is 11.7. The Kier molecular flexibility index (Phi) is 7.92. The molecule has 0 unspecified atom stereocenters. The number of hydrogen-bond acceptors (Lipinski definition) is 6. The summed E-state index contributed by atoms with van der Waals surface area (Å²) in [5, 5.41) is 2.73. The van der Waals surface area contributed by atoms with Gasteiger partial charge in [0.05, 0.1) is 12.8 Å². The maximum Gasteiger partial charge on any atom is 0.285 e. The molecule has 0 fully saturated rings. The molecule has 1 aromatic rings. The summed E-state index contributed by atoms with van der Waals surface area (Å²) in [5.41, 5.74) is 5.38. The van der Waals surface area contributed by atoms with Crippen LogP contribution in [0.25, 0.3) is 0 Å². The van der Waals surface area contributed by atoms with Crippen molar-refractivity contribution in [3.63, 3.8) is 0 Å². The summed E-state index contributed by atoms with van der Waals surface area (Å²) in [6, 6.07) is -0.507. The molecule has 0 aliphatic carbocycles. The summed E-state index contributed by atoms with van der Waals surface area (Å²) < 4.78 is 4.87. The Balaban J connectivity index is 2.46. The fraction of sp³-hybridized carbons (Fsp3) is 0.538. The van der Waals surface area contributed by atoms with Crippen molar-refractivity contribution in [2.75, 3.05) is 20.3 Å². The number of amides is 2. The molecule has 21 heavy (non-hydrogen) atoms. The number of nitrogens with zero attached hydrogens (tertiary/aromatic N) is 2. The van der Waals surface area contributed by atoms with E-state index in [0.29, 0.717) is 19.6 Å². The molecular weight excluding hydrogens is 274 g/mol. The molecular formula is C13H21N5O3. The van der Waals surface area contributed by atoms with Gasteiger partial charge in [-0.25, -0.2) is 10.4 Å². The van der Waals surface area contributed by atoms with Crippen molar-refractivity contribution in [1.29, 1.82) is 0 Å². The zero-order valence-corrected chi connectivity index (χ0v) is 12.3. The topological polar surface area (TPSA) is 105 Å². The minimum atomic E-state index is -0.507. The summed E-state index contributed by atoms with van der Waals surface area (Å²) in [7, 11) is 1.56. The van der Waals surface area contributed by atoms with Crippen LogP contribution in [-0.4, -0.2) is 48.1 Å². The van der Waals surface area contributed by atoms with Crippen LogP contribution in [0, 0.1) is 0 Å². The summed E-state index contributed by atoms with van der Waals surface area (Å²) >= 11 is 0. The molecule has 0 aromatic carbocycles. The number of nitrogens with one attached hydrogen (secondary N) is 3. The first-order chi connectivity index (χ1) is 10.2. The smallest absolute Gasteiger partial charge is 0.285 e. The Hall–Kier alpha value is -2.06. The van der Waals surface area contributed by atoms with E-state index in [-0.39, 0.29) is 11.6 Å². The van der Waals surface area contributed by atoms with Crippen LogP contribution in [-0.2, 0) is 9.53 Å². The van der Waals surface area contributed by atoms with Crippen LogP contribution in [0.2, 0.25) is 0 Å². The number of rotatable bonds is 9. The van der Waals surface area contributed by atoms with E-state index in [1.54, 1.807) is 7.11 Å². The molecule has 1 aromatic heterocycles. The SMILES string of the molecule is CCC[C@H](NNC(=O)c1cnccn1)C(=O)NCCOC. The van der Waals surface area contributed by atoms with Gasteiger partial charge in [0.1, 0.15) is 11.7 Å². The molecule has 0 saturated heterocycles. The minimum absolute atomic E-state index is 0.181. The zero-order valence-electron chi connectivity index (χ0n) is 12.3. The van der Waals surface area contributed by atoms with E-state index in [0.717, 1.165) is 6.42 Å². The van der Waals surface area contributed by atoms with Gasteiger partial charge in [-0.1, -0.05) is 13.3 Å². The van der Waals surface area contributed by atoms with Crippen LogP contribution in [0.3, 0.4) is 0 Å². The van der Waals surface area contributed by atoms with Crippen LogP contribution in [0.15, 0.2) is 18.6 Å². The molecule has 0 aliphatic heterocycles. The predicted octanol–water partition coefficient (Wildman–Crippen LogP) is -0.358. The third kappa shape index (κ3) is 6.28. The maximum atomic E-state index is 11.9. The van der Waals surface area contributed by atoms with Gasteiger partial charge < -0.3 is 10.1 Å².